The number of methoxy groups -OCH3 is 1. The average molecular weight is 673 g/mol. The number of halogens is 2. The molecule has 10 heteroatoms. The average Bonchev–Trinajstić information content (AvgIpc) is 3.53. The summed E-state index contributed by atoms with van der Waals surface area (Å²) in [6.45, 7) is 0. The van der Waals surface area contributed by atoms with Gasteiger partial charge in [-0.05, 0) is 54.2 Å². The number of hydrogen-bond acceptors (Lipinski definition) is 7. The molecule has 3 aliphatic rings. The van der Waals surface area contributed by atoms with E-state index in [2.05, 4.69) is 51.3 Å². The molecule has 0 amide bonds. The second kappa shape index (κ2) is 12.7. The van der Waals surface area contributed by atoms with Crippen LogP contribution in [0.3, 0.4) is 0 Å². The van der Waals surface area contributed by atoms with Gasteiger partial charge in [0.05, 0.1) is 31.0 Å². The molecule has 49 heavy (non-hydrogen) atoms. The van der Waals surface area contributed by atoms with Gasteiger partial charge < -0.3 is 14.6 Å². The van der Waals surface area contributed by atoms with Crippen molar-refractivity contribution >= 4 is 34.6 Å². The zero-order valence-electron chi connectivity index (χ0n) is 26.8. The van der Waals surface area contributed by atoms with Crippen LogP contribution in [-0.2, 0) is 15.1 Å². The van der Waals surface area contributed by atoms with E-state index in [0.29, 0.717) is 16.7 Å². The highest BCUT2D eigenvalue weighted by molar-refractivity contribution is 6.29. The summed E-state index contributed by atoms with van der Waals surface area (Å²) in [5.74, 6) is -0.554. The number of nitrogens with one attached hydrogen (secondary N) is 1. The molecule has 2 bridgehead atoms. The maximum Gasteiger partial charge on any atom is 0.311 e. The highest BCUT2D eigenvalue weighted by atomic mass is 35.5. The third-order valence-electron chi connectivity index (χ3n) is 10.4. The Morgan fingerprint density at radius 3 is 1.98 bits per heavy atom. The zero-order chi connectivity index (χ0) is 33.5. The number of anilines is 1. The van der Waals surface area contributed by atoms with E-state index in [0.717, 1.165) is 42.4 Å². The minimum absolute atomic E-state index is 0.0350. The van der Waals surface area contributed by atoms with Crippen molar-refractivity contribution in [1.29, 1.82) is 0 Å². The topological polar surface area (TPSA) is 94.8 Å². The fourth-order valence-corrected chi connectivity index (χ4v) is 8.37. The number of hydrogen-bond donors (Lipinski definition) is 1. The third kappa shape index (κ3) is 5.24. The van der Waals surface area contributed by atoms with Crippen LogP contribution in [0.4, 0.5) is 10.2 Å². The van der Waals surface area contributed by atoms with Crippen molar-refractivity contribution in [3.05, 3.63) is 137 Å². The van der Waals surface area contributed by atoms with Gasteiger partial charge in [0.25, 0.3) is 0 Å². The summed E-state index contributed by atoms with van der Waals surface area (Å²) in [5, 5.41) is 3.54. The lowest BCUT2D eigenvalue weighted by atomic mass is 9.61. The Kier molecular flexibility index (Phi) is 8.08. The Hall–Kier alpha value is -5.15. The number of carbonyl (C=O) groups is 1. The summed E-state index contributed by atoms with van der Waals surface area (Å²) >= 11 is 6.49. The highest BCUT2D eigenvalue weighted by Crippen LogP contribution is 2.47. The lowest BCUT2D eigenvalue weighted by Crippen LogP contribution is -2.52. The monoisotopic (exact) mass is 672 g/mol. The minimum Gasteiger partial charge on any atom is -0.469 e. The number of esters is 1. The van der Waals surface area contributed by atoms with Gasteiger partial charge >= 0.3 is 5.97 Å². The summed E-state index contributed by atoms with van der Waals surface area (Å²) in [6.07, 6.45) is 8.49. The maximum atomic E-state index is 15.6. The molecule has 3 aromatic carbocycles. The fourth-order valence-electron chi connectivity index (χ4n) is 8.23. The SMILES string of the molecule is COC(=O)[C@H]1C2CCC(CC2)[C@@H]1Nc1nc(-c2cn(C(c3ccccc3)(c3ccccc3)c3ccccc3)c3ncc(Cl)nc23)ncc1F. The predicted octanol–water partition coefficient (Wildman–Crippen LogP) is 7.91. The summed E-state index contributed by atoms with van der Waals surface area (Å²) in [4.78, 5) is 31.7. The first-order valence-corrected chi connectivity index (χ1v) is 16.9. The van der Waals surface area contributed by atoms with Crippen LogP contribution in [0.25, 0.3) is 22.6 Å². The molecule has 3 saturated carbocycles. The zero-order valence-corrected chi connectivity index (χ0v) is 27.6. The van der Waals surface area contributed by atoms with Crippen molar-refractivity contribution in [2.24, 2.45) is 17.8 Å². The lowest BCUT2D eigenvalue weighted by Gasteiger charge is -2.47. The van der Waals surface area contributed by atoms with E-state index in [1.807, 2.05) is 60.8 Å². The van der Waals surface area contributed by atoms with Crippen LogP contribution in [0.15, 0.2) is 110 Å². The number of aromatic nitrogens is 5. The van der Waals surface area contributed by atoms with E-state index in [4.69, 9.17) is 31.3 Å². The molecule has 2 atom stereocenters. The molecule has 3 aromatic heterocycles. The minimum atomic E-state index is -0.904. The van der Waals surface area contributed by atoms with Crippen molar-refractivity contribution in [1.82, 2.24) is 24.5 Å². The molecule has 3 heterocycles. The standard InChI is InChI=1S/C39H34ClFN6O2/c1-49-38(48)32-24-17-19-25(20-18-24)33(32)45-36-30(41)21-42-35(46-36)29-23-47(37-34(29)44-31(40)22-43-37)39(26-11-5-2-6-12-26,27-13-7-3-8-14-27)28-15-9-4-10-16-28/h2-16,21-25,32-33H,17-20H2,1H3,(H,42,45,46)/t24?,25?,32-,33-/m0/s1. The van der Waals surface area contributed by atoms with Crippen molar-refractivity contribution < 1.29 is 13.9 Å². The molecule has 9 rings (SSSR count). The predicted molar refractivity (Wildman–Crippen MR) is 186 cm³/mol. The number of rotatable bonds is 8. The van der Waals surface area contributed by atoms with Crippen molar-refractivity contribution in [2.75, 3.05) is 12.4 Å². The molecule has 3 aliphatic carbocycles. The first-order valence-electron chi connectivity index (χ1n) is 16.6. The lowest BCUT2D eigenvalue weighted by molar-refractivity contribution is -0.152. The number of fused-ring (bicyclic) bond motifs is 4. The molecule has 0 radical (unpaired) electrons. The Morgan fingerprint density at radius 2 is 1.41 bits per heavy atom. The van der Waals surface area contributed by atoms with Crippen LogP contribution in [0.5, 0.6) is 0 Å². The van der Waals surface area contributed by atoms with Gasteiger partial charge in [0, 0.05) is 12.2 Å². The van der Waals surface area contributed by atoms with Crippen LogP contribution in [0.1, 0.15) is 42.4 Å². The highest BCUT2D eigenvalue weighted by Gasteiger charge is 2.48. The van der Waals surface area contributed by atoms with Gasteiger partial charge in [-0.25, -0.2) is 24.3 Å². The van der Waals surface area contributed by atoms with E-state index in [9.17, 15) is 4.79 Å². The molecule has 0 aliphatic heterocycles. The van der Waals surface area contributed by atoms with Gasteiger partial charge in [0.15, 0.2) is 23.1 Å². The molecule has 0 unspecified atom stereocenters. The molecule has 246 valence electrons. The Balaban J connectivity index is 1.33. The molecule has 0 spiro atoms. The molecule has 0 saturated heterocycles. The second-order valence-corrected chi connectivity index (χ2v) is 13.3. The number of carbonyl (C=O) groups excluding carboxylic acids is 1. The molecule has 8 nitrogen and oxygen atoms in total. The third-order valence-corrected chi connectivity index (χ3v) is 10.6. The van der Waals surface area contributed by atoms with Gasteiger partial charge in [-0.3, -0.25) is 4.79 Å². The van der Waals surface area contributed by atoms with E-state index < -0.39 is 11.4 Å². The molecular formula is C39H34ClFN6O2. The smallest absolute Gasteiger partial charge is 0.311 e. The van der Waals surface area contributed by atoms with Gasteiger partial charge in [-0.1, -0.05) is 103 Å². The second-order valence-electron chi connectivity index (χ2n) is 12.9. The van der Waals surface area contributed by atoms with E-state index in [1.165, 1.54) is 19.5 Å². The van der Waals surface area contributed by atoms with Gasteiger partial charge in [0.2, 0.25) is 0 Å². The van der Waals surface area contributed by atoms with Gasteiger partial charge in [0.1, 0.15) is 16.2 Å². The summed E-state index contributed by atoms with van der Waals surface area (Å²) < 4.78 is 22.9. The molecule has 1 N–H and O–H groups in total. The molecule has 3 fully saturated rings. The van der Waals surface area contributed by atoms with Crippen LogP contribution < -0.4 is 5.32 Å². The Morgan fingerprint density at radius 1 is 0.837 bits per heavy atom. The van der Waals surface area contributed by atoms with Gasteiger partial charge in [-0.15, -0.1) is 0 Å². The molecule has 6 aromatic rings. The number of ether oxygens (including phenoxy) is 1. The van der Waals surface area contributed by atoms with E-state index in [1.54, 1.807) is 0 Å². The normalized spacial score (nSPS) is 20.3. The molecular weight excluding hydrogens is 639 g/mol. The van der Waals surface area contributed by atoms with Gasteiger partial charge in [-0.2, -0.15) is 0 Å². The van der Waals surface area contributed by atoms with Crippen LogP contribution in [0.2, 0.25) is 5.15 Å². The summed E-state index contributed by atoms with van der Waals surface area (Å²) in [7, 11) is 1.41. The first-order chi connectivity index (χ1) is 24.0. The summed E-state index contributed by atoms with van der Waals surface area (Å²) in [6, 6.07) is 30.4. The summed E-state index contributed by atoms with van der Waals surface area (Å²) in [5.41, 5.74) is 3.65. The first kappa shape index (κ1) is 31.1. The largest absolute Gasteiger partial charge is 0.469 e. The van der Waals surface area contributed by atoms with Crippen LogP contribution in [-0.4, -0.2) is 43.6 Å². The van der Waals surface area contributed by atoms with Crippen molar-refractivity contribution in [3.63, 3.8) is 0 Å². The van der Waals surface area contributed by atoms with Crippen molar-refractivity contribution in [2.45, 2.75) is 37.3 Å². The fraction of sp³-hybridized carbons (Fsp3) is 0.256. The number of benzene rings is 3. The van der Waals surface area contributed by atoms with Crippen LogP contribution in [0, 0.1) is 23.6 Å². The van der Waals surface area contributed by atoms with E-state index in [-0.39, 0.29) is 46.6 Å². The Bertz CT molecular complexity index is 2020. The maximum absolute atomic E-state index is 15.6. The Labute approximate surface area is 288 Å². The van der Waals surface area contributed by atoms with Crippen molar-refractivity contribution in [3.8, 4) is 11.4 Å². The van der Waals surface area contributed by atoms with Crippen LogP contribution >= 0.6 is 11.6 Å². The number of nitrogens with zero attached hydrogens (tertiary/aromatic N) is 5. The quantitative estimate of drug-likeness (QED) is 0.130. The van der Waals surface area contributed by atoms with E-state index >= 15 is 4.39 Å².